The van der Waals surface area contributed by atoms with Crippen LogP contribution in [0.25, 0.3) is 0 Å². The van der Waals surface area contributed by atoms with E-state index in [1.165, 1.54) is 11.1 Å². The molecule has 0 aliphatic carbocycles. The first-order valence-corrected chi connectivity index (χ1v) is 7.13. The molecular formula is C16H26N2O. The Morgan fingerprint density at radius 1 is 1.21 bits per heavy atom. The number of nitrogens with zero attached hydrogens (tertiary/aromatic N) is 1. The third-order valence-corrected chi connectivity index (χ3v) is 3.27. The number of rotatable bonds is 8. The van der Waals surface area contributed by atoms with Crippen LogP contribution in [0.3, 0.4) is 0 Å². The minimum absolute atomic E-state index is 0.231. The van der Waals surface area contributed by atoms with Crippen molar-refractivity contribution in [3.63, 3.8) is 0 Å². The maximum absolute atomic E-state index is 12.0. The van der Waals surface area contributed by atoms with Crippen LogP contribution in [0.5, 0.6) is 0 Å². The molecule has 0 spiro atoms. The van der Waals surface area contributed by atoms with E-state index in [9.17, 15) is 4.79 Å². The van der Waals surface area contributed by atoms with E-state index in [-0.39, 0.29) is 5.91 Å². The summed E-state index contributed by atoms with van der Waals surface area (Å²) in [4.78, 5) is 13.8. The Labute approximate surface area is 116 Å². The Kier molecular flexibility index (Phi) is 7.19. The van der Waals surface area contributed by atoms with E-state index < -0.39 is 0 Å². The summed E-state index contributed by atoms with van der Waals surface area (Å²) < 4.78 is 0. The van der Waals surface area contributed by atoms with Crippen LogP contribution in [0, 0.1) is 6.92 Å². The van der Waals surface area contributed by atoms with Crippen molar-refractivity contribution in [2.24, 2.45) is 5.73 Å². The smallest absolute Gasteiger partial charge is 0.222 e. The zero-order valence-corrected chi connectivity index (χ0v) is 12.2. The lowest BCUT2D eigenvalue weighted by molar-refractivity contribution is -0.130. The SMILES string of the molecule is Cc1cccc(CN(C)C(=O)CCCCCCN)c1. The molecule has 0 unspecified atom stereocenters. The second kappa shape index (κ2) is 8.70. The first-order chi connectivity index (χ1) is 9.13. The van der Waals surface area contributed by atoms with Crippen LogP contribution in [0.4, 0.5) is 0 Å². The molecular weight excluding hydrogens is 236 g/mol. The number of benzene rings is 1. The Morgan fingerprint density at radius 2 is 1.95 bits per heavy atom. The van der Waals surface area contributed by atoms with E-state index in [0.29, 0.717) is 13.0 Å². The van der Waals surface area contributed by atoms with E-state index in [0.717, 1.165) is 32.2 Å². The maximum Gasteiger partial charge on any atom is 0.222 e. The largest absolute Gasteiger partial charge is 0.341 e. The number of hydrogen-bond donors (Lipinski definition) is 1. The van der Waals surface area contributed by atoms with Gasteiger partial charge in [0.25, 0.3) is 0 Å². The van der Waals surface area contributed by atoms with Crippen molar-refractivity contribution in [2.75, 3.05) is 13.6 Å². The lowest BCUT2D eigenvalue weighted by Gasteiger charge is -2.17. The Bertz CT molecular complexity index is 390. The van der Waals surface area contributed by atoms with Gasteiger partial charge in [-0.25, -0.2) is 0 Å². The van der Waals surface area contributed by atoms with Crippen molar-refractivity contribution in [3.8, 4) is 0 Å². The highest BCUT2D eigenvalue weighted by atomic mass is 16.2. The zero-order valence-electron chi connectivity index (χ0n) is 12.2. The fourth-order valence-corrected chi connectivity index (χ4v) is 2.14. The lowest BCUT2D eigenvalue weighted by atomic mass is 10.1. The van der Waals surface area contributed by atoms with Gasteiger partial charge in [-0.2, -0.15) is 0 Å². The third kappa shape index (κ3) is 6.39. The molecule has 106 valence electrons. The topological polar surface area (TPSA) is 46.3 Å². The molecule has 0 aromatic heterocycles. The average molecular weight is 262 g/mol. The van der Waals surface area contributed by atoms with Crippen molar-refractivity contribution in [1.29, 1.82) is 0 Å². The van der Waals surface area contributed by atoms with Gasteiger partial charge in [0.15, 0.2) is 0 Å². The minimum Gasteiger partial charge on any atom is -0.341 e. The minimum atomic E-state index is 0.231. The highest BCUT2D eigenvalue weighted by Gasteiger charge is 2.08. The fourth-order valence-electron chi connectivity index (χ4n) is 2.14. The predicted molar refractivity (Wildman–Crippen MR) is 79.8 cm³/mol. The summed E-state index contributed by atoms with van der Waals surface area (Å²) in [5.41, 5.74) is 7.87. The van der Waals surface area contributed by atoms with Gasteiger partial charge in [0.1, 0.15) is 0 Å². The summed E-state index contributed by atoms with van der Waals surface area (Å²) >= 11 is 0. The molecule has 0 atom stereocenters. The number of carbonyl (C=O) groups is 1. The molecule has 0 aliphatic heterocycles. The molecule has 2 N–H and O–H groups in total. The van der Waals surface area contributed by atoms with E-state index in [1.807, 2.05) is 18.0 Å². The van der Waals surface area contributed by atoms with Crippen LogP contribution in [0.15, 0.2) is 24.3 Å². The highest BCUT2D eigenvalue weighted by Crippen LogP contribution is 2.09. The van der Waals surface area contributed by atoms with Gasteiger partial charge in [-0.15, -0.1) is 0 Å². The number of hydrogen-bond acceptors (Lipinski definition) is 2. The van der Waals surface area contributed by atoms with Crippen LogP contribution in [0.2, 0.25) is 0 Å². The van der Waals surface area contributed by atoms with Gasteiger partial charge in [0.2, 0.25) is 5.91 Å². The molecule has 1 aromatic carbocycles. The molecule has 0 saturated carbocycles. The molecule has 0 bridgehead atoms. The summed E-state index contributed by atoms with van der Waals surface area (Å²) in [6.45, 7) is 3.52. The van der Waals surface area contributed by atoms with Gasteiger partial charge >= 0.3 is 0 Å². The molecule has 1 aromatic rings. The lowest BCUT2D eigenvalue weighted by Crippen LogP contribution is -2.25. The number of amides is 1. The van der Waals surface area contributed by atoms with Crippen LogP contribution < -0.4 is 5.73 Å². The molecule has 19 heavy (non-hydrogen) atoms. The van der Waals surface area contributed by atoms with Crippen LogP contribution in [-0.2, 0) is 11.3 Å². The standard InChI is InChI=1S/C16H26N2O/c1-14-8-7-9-15(12-14)13-18(2)16(19)10-5-3-4-6-11-17/h7-9,12H,3-6,10-11,13,17H2,1-2H3. The highest BCUT2D eigenvalue weighted by molar-refractivity contribution is 5.75. The van der Waals surface area contributed by atoms with Gasteiger partial charge < -0.3 is 10.6 Å². The molecule has 1 rings (SSSR count). The van der Waals surface area contributed by atoms with Crippen LogP contribution in [0.1, 0.15) is 43.2 Å². The van der Waals surface area contributed by atoms with Crippen molar-refractivity contribution in [1.82, 2.24) is 4.90 Å². The van der Waals surface area contributed by atoms with Gasteiger partial charge in [-0.1, -0.05) is 42.7 Å². The van der Waals surface area contributed by atoms with Crippen molar-refractivity contribution >= 4 is 5.91 Å². The summed E-state index contributed by atoms with van der Waals surface area (Å²) in [7, 11) is 1.88. The predicted octanol–water partition coefficient (Wildman–Crippen LogP) is 2.86. The second-order valence-electron chi connectivity index (χ2n) is 5.19. The van der Waals surface area contributed by atoms with E-state index in [4.69, 9.17) is 5.73 Å². The summed E-state index contributed by atoms with van der Waals surface area (Å²) in [5.74, 6) is 0.231. The summed E-state index contributed by atoms with van der Waals surface area (Å²) in [5, 5.41) is 0. The van der Waals surface area contributed by atoms with E-state index in [2.05, 4.69) is 25.1 Å². The van der Waals surface area contributed by atoms with Gasteiger partial charge in [0, 0.05) is 20.0 Å². The molecule has 0 heterocycles. The third-order valence-electron chi connectivity index (χ3n) is 3.27. The monoisotopic (exact) mass is 262 g/mol. The normalized spacial score (nSPS) is 10.5. The molecule has 3 heteroatoms. The summed E-state index contributed by atoms with van der Waals surface area (Å²) in [6, 6.07) is 8.31. The fraction of sp³-hybridized carbons (Fsp3) is 0.562. The molecule has 1 amide bonds. The number of aryl methyl sites for hydroxylation is 1. The Hall–Kier alpha value is -1.35. The maximum atomic E-state index is 12.0. The van der Waals surface area contributed by atoms with E-state index in [1.54, 1.807) is 0 Å². The van der Waals surface area contributed by atoms with Crippen molar-refractivity contribution < 1.29 is 4.79 Å². The number of carbonyl (C=O) groups excluding carboxylic acids is 1. The van der Waals surface area contributed by atoms with Crippen LogP contribution >= 0.6 is 0 Å². The summed E-state index contributed by atoms with van der Waals surface area (Å²) in [6.07, 6.45) is 4.91. The van der Waals surface area contributed by atoms with Gasteiger partial charge in [-0.3, -0.25) is 4.79 Å². The Morgan fingerprint density at radius 3 is 2.63 bits per heavy atom. The van der Waals surface area contributed by atoms with Gasteiger partial charge in [-0.05, 0) is 31.9 Å². The quantitative estimate of drug-likeness (QED) is 0.732. The molecule has 0 fully saturated rings. The van der Waals surface area contributed by atoms with Crippen LogP contribution in [-0.4, -0.2) is 24.4 Å². The van der Waals surface area contributed by atoms with E-state index >= 15 is 0 Å². The van der Waals surface area contributed by atoms with Crippen molar-refractivity contribution in [2.45, 2.75) is 45.6 Å². The number of unbranched alkanes of at least 4 members (excludes halogenated alkanes) is 3. The van der Waals surface area contributed by atoms with Crippen molar-refractivity contribution in [3.05, 3.63) is 35.4 Å². The average Bonchev–Trinajstić information content (AvgIpc) is 2.38. The molecule has 0 aliphatic rings. The number of nitrogens with two attached hydrogens (primary N) is 1. The Balaban J connectivity index is 2.28. The zero-order chi connectivity index (χ0) is 14.1. The molecule has 0 radical (unpaired) electrons. The van der Waals surface area contributed by atoms with Gasteiger partial charge in [0.05, 0.1) is 0 Å². The molecule has 3 nitrogen and oxygen atoms in total. The first kappa shape index (κ1) is 15.7. The molecule has 0 saturated heterocycles. The first-order valence-electron chi connectivity index (χ1n) is 7.13. The second-order valence-corrected chi connectivity index (χ2v) is 5.19.